The number of carbonyl (C=O) groups is 1. The average Bonchev–Trinajstić information content (AvgIpc) is 3.29. The van der Waals surface area contributed by atoms with Crippen molar-refractivity contribution >= 4 is 17.2 Å². The third kappa shape index (κ3) is 5.35. The van der Waals surface area contributed by atoms with Gasteiger partial charge < -0.3 is 24.5 Å². The van der Waals surface area contributed by atoms with Gasteiger partial charge in [0.2, 0.25) is 0 Å². The van der Waals surface area contributed by atoms with Gasteiger partial charge in [-0.3, -0.25) is 4.79 Å². The number of amides is 1. The number of aromatic nitrogens is 3. The second-order valence-electron chi connectivity index (χ2n) is 8.61. The van der Waals surface area contributed by atoms with E-state index in [1.54, 1.807) is 21.8 Å². The van der Waals surface area contributed by atoms with Crippen LogP contribution >= 0.6 is 0 Å². The van der Waals surface area contributed by atoms with Crippen LogP contribution in [0.25, 0.3) is 16.6 Å². The molecule has 0 saturated carbocycles. The number of terminal acetylenes is 1. The lowest BCUT2D eigenvalue weighted by Gasteiger charge is -2.34. The molecule has 1 aliphatic heterocycles. The molecule has 10 nitrogen and oxygen atoms in total. The molecule has 0 aliphatic carbocycles. The van der Waals surface area contributed by atoms with Gasteiger partial charge in [0, 0.05) is 50.0 Å². The number of aliphatic hydroxyl groups is 1. The lowest BCUT2D eigenvalue weighted by molar-refractivity contribution is -0.125. The minimum absolute atomic E-state index is 0.126. The largest absolute Gasteiger partial charge is 0.489 e. The molecule has 0 radical (unpaired) electrons. The van der Waals surface area contributed by atoms with E-state index in [0.717, 1.165) is 16.9 Å². The maximum absolute atomic E-state index is 11.7. The van der Waals surface area contributed by atoms with Gasteiger partial charge in [-0.25, -0.2) is 9.50 Å². The number of nitriles is 1. The highest BCUT2D eigenvalue weighted by Gasteiger charge is 2.21. The number of hydrogen-bond donors (Lipinski definition) is 1. The predicted octanol–water partition coefficient (Wildman–Crippen LogP) is 0.851. The number of fused-ring (bicyclic) bond motifs is 1. The van der Waals surface area contributed by atoms with E-state index in [-0.39, 0.29) is 12.5 Å². The number of ether oxygens (including phenoxy) is 1. The molecule has 0 spiro atoms. The number of anilines is 1. The number of nitrogens with zero attached hydrogens (tertiary/aromatic N) is 7. The van der Waals surface area contributed by atoms with Crippen molar-refractivity contribution in [3.8, 4) is 35.3 Å². The number of aliphatic hydroxyl groups excluding tert-OH is 1. The number of carbonyl (C=O) groups excluding carboxylic acids is 1. The van der Waals surface area contributed by atoms with Gasteiger partial charge in [0.05, 0.1) is 23.5 Å². The summed E-state index contributed by atoms with van der Waals surface area (Å²) in [6, 6.07) is 7.88. The quantitative estimate of drug-likeness (QED) is 0.503. The van der Waals surface area contributed by atoms with Crippen LogP contribution in [0.4, 0.5) is 5.82 Å². The van der Waals surface area contributed by atoms with Crippen molar-refractivity contribution in [3.63, 3.8) is 0 Å². The van der Waals surface area contributed by atoms with Gasteiger partial charge in [-0.05, 0) is 38.2 Å². The zero-order valence-electron chi connectivity index (χ0n) is 19.8. The summed E-state index contributed by atoms with van der Waals surface area (Å²) >= 11 is 0. The summed E-state index contributed by atoms with van der Waals surface area (Å²) in [6.45, 7) is 2.99. The third-order valence-corrected chi connectivity index (χ3v) is 5.80. The van der Waals surface area contributed by atoms with E-state index in [0.29, 0.717) is 49.6 Å². The van der Waals surface area contributed by atoms with Crippen LogP contribution < -0.4 is 9.64 Å². The van der Waals surface area contributed by atoms with Crippen LogP contribution in [0.2, 0.25) is 0 Å². The molecule has 1 aliphatic rings. The molecule has 180 valence electrons. The Hall–Kier alpha value is -4.12. The average molecular weight is 474 g/mol. The number of likely N-dealkylation sites (N-methyl/N-ethyl adjacent to an activating group) is 1. The Morgan fingerprint density at radius 2 is 2.06 bits per heavy atom. The molecular weight excluding hydrogens is 446 g/mol. The summed E-state index contributed by atoms with van der Waals surface area (Å²) in [4.78, 5) is 22.0. The highest BCUT2D eigenvalue weighted by atomic mass is 16.5. The monoisotopic (exact) mass is 473 g/mol. The van der Waals surface area contributed by atoms with E-state index in [1.165, 1.54) is 6.20 Å². The first-order valence-corrected chi connectivity index (χ1v) is 11.2. The summed E-state index contributed by atoms with van der Waals surface area (Å²) in [5.74, 6) is 3.19. The van der Waals surface area contributed by atoms with E-state index in [2.05, 4.69) is 27.0 Å². The summed E-state index contributed by atoms with van der Waals surface area (Å²) in [5, 5.41) is 24.0. The fourth-order valence-corrected chi connectivity index (χ4v) is 4.11. The molecule has 0 unspecified atom stereocenters. The summed E-state index contributed by atoms with van der Waals surface area (Å²) in [6.07, 6.45) is 9.54. The number of pyridine rings is 2. The first-order chi connectivity index (χ1) is 16.9. The van der Waals surface area contributed by atoms with Crippen LogP contribution in [0.15, 0.2) is 36.8 Å². The third-order valence-electron chi connectivity index (χ3n) is 5.80. The molecule has 1 saturated heterocycles. The van der Waals surface area contributed by atoms with E-state index in [9.17, 15) is 15.2 Å². The maximum atomic E-state index is 11.7. The SMILES string of the molecule is C#CC(=O)N1CCN(c2ccc(-c3cc(OC[C@@H](O)CN(C)C)cn4ncc(C#N)c34)cn2)CC1. The first-order valence-electron chi connectivity index (χ1n) is 11.2. The molecule has 0 bridgehead atoms. The molecule has 4 heterocycles. The lowest BCUT2D eigenvalue weighted by Crippen LogP contribution is -2.48. The van der Waals surface area contributed by atoms with Gasteiger partial charge in [-0.1, -0.05) is 0 Å². The minimum Gasteiger partial charge on any atom is -0.489 e. The van der Waals surface area contributed by atoms with Crippen molar-refractivity contribution in [2.75, 3.05) is 58.3 Å². The van der Waals surface area contributed by atoms with Gasteiger partial charge in [-0.15, -0.1) is 6.42 Å². The molecule has 35 heavy (non-hydrogen) atoms. The molecule has 1 amide bonds. The van der Waals surface area contributed by atoms with Crippen LogP contribution in [0, 0.1) is 23.7 Å². The van der Waals surface area contributed by atoms with Gasteiger partial charge >= 0.3 is 0 Å². The fraction of sp³-hybridized carbons (Fsp3) is 0.360. The molecule has 3 aromatic rings. The van der Waals surface area contributed by atoms with E-state index in [1.807, 2.05) is 37.2 Å². The highest BCUT2D eigenvalue weighted by molar-refractivity contribution is 5.93. The Kier molecular flexibility index (Phi) is 7.16. The Balaban J connectivity index is 1.57. The number of hydrogen-bond acceptors (Lipinski definition) is 8. The van der Waals surface area contributed by atoms with E-state index in [4.69, 9.17) is 11.2 Å². The Bertz CT molecular complexity index is 1280. The minimum atomic E-state index is -0.645. The molecule has 1 N–H and O–H groups in total. The fourth-order valence-electron chi connectivity index (χ4n) is 4.11. The standard InChI is InChI=1S/C25H27N7O3/c1-4-24(34)31-9-7-30(8-10-31)23-6-5-18(13-27-23)22-11-21(35-17-20(33)15-29(2)3)16-32-25(22)19(12-26)14-28-32/h1,5-6,11,13-14,16,20,33H,7-10,15,17H2,2-3H3/t20-/m0/s1. The smallest absolute Gasteiger partial charge is 0.298 e. The van der Waals surface area contributed by atoms with Gasteiger partial charge in [0.1, 0.15) is 30.3 Å². The normalized spacial score (nSPS) is 14.6. The zero-order chi connectivity index (χ0) is 24.9. The van der Waals surface area contributed by atoms with Gasteiger partial charge in [0.15, 0.2) is 0 Å². The summed E-state index contributed by atoms with van der Waals surface area (Å²) in [5.41, 5.74) is 2.65. The number of rotatable bonds is 7. The van der Waals surface area contributed by atoms with Crippen LogP contribution in [0.1, 0.15) is 5.56 Å². The topological polar surface area (TPSA) is 110 Å². The Morgan fingerprint density at radius 1 is 1.29 bits per heavy atom. The van der Waals surface area contributed by atoms with Crippen molar-refractivity contribution in [2.24, 2.45) is 0 Å². The molecular formula is C25H27N7O3. The first kappa shape index (κ1) is 24.0. The highest BCUT2D eigenvalue weighted by Crippen LogP contribution is 2.31. The lowest BCUT2D eigenvalue weighted by atomic mass is 10.1. The van der Waals surface area contributed by atoms with E-state index < -0.39 is 6.10 Å². The van der Waals surface area contributed by atoms with Crippen LogP contribution in [-0.2, 0) is 4.79 Å². The van der Waals surface area contributed by atoms with E-state index >= 15 is 0 Å². The maximum Gasteiger partial charge on any atom is 0.298 e. The second-order valence-corrected chi connectivity index (χ2v) is 8.61. The molecule has 1 fully saturated rings. The van der Waals surface area contributed by atoms with Crippen molar-refractivity contribution in [1.29, 1.82) is 5.26 Å². The molecule has 4 rings (SSSR count). The second kappa shape index (κ2) is 10.4. The molecule has 3 aromatic heterocycles. The van der Waals surface area contributed by atoms with Gasteiger partial charge in [0.25, 0.3) is 5.91 Å². The zero-order valence-corrected chi connectivity index (χ0v) is 19.8. The predicted molar refractivity (Wildman–Crippen MR) is 131 cm³/mol. The van der Waals surface area contributed by atoms with Crippen LogP contribution in [-0.4, -0.2) is 94.9 Å². The van der Waals surface area contributed by atoms with Crippen LogP contribution in [0.3, 0.4) is 0 Å². The molecule has 0 aromatic carbocycles. The van der Waals surface area contributed by atoms with Crippen molar-refractivity contribution in [2.45, 2.75) is 6.10 Å². The van der Waals surface area contributed by atoms with Gasteiger partial charge in [-0.2, -0.15) is 10.4 Å². The Morgan fingerprint density at radius 3 is 2.69 bits per heavy atom. The van der Waals surface area contributed by atoms with Crippen molar-refractivity contribution in [3.05, 3.63) is 42.4 Å². The molecule has 10 heteroatoms. The van der Waals surface area contributed by atoms with Crippen molar-refractivity contribution < 1.29 is 14.6 Å². The Labute approximate surface area is 203 Å². The molecule has 1 atom stereocenters. The summed E-state index contributed by atoms with van der Waals surface area (Å²) < 4.78 is 7.45. The van der Waals surface area contributed by atoms with Crippen molar-refractivity contribution in [1.82, 2.24) is 24.4 Å². The summed E-state index contributed by atoms with van der Waals surface area (Å²) in [7, 11) is 3.77. The number of piperazine rings is 1. The van der Waals surface area contributed by atoms with Crippen LogP contribution in [0.5, 0.6) is 5.75 Å².